The zero-order valence-corrected chi connectivity index (χ0v) is 30.9. The van der Waals surface area contributed by atoms with Gasteiger partial charge in [0, 0.05) is 5.39 Å². The van der Waals surface area contributed by atoms with E-state index in [9.17, 15) is 19.8 Å². The minimum Gasteiger partial charge on any atom is -0.464 e. The van der Waals surface area contributed by atoms with E-state index in [4.69, 9.17) is 24.3 Å². The molecule has 0 amide bonds. The maximum atomic E-state index is 15.2. The lowest BCUT2D eigenvalue weighted by Crippen LogP contribution is -2.44. The van der Waals surface area contributed by atoms with E-state index in [1.165, 1.54) is 17.8 Å². The smallest absolute Gasteiger partial charge is 0.459 e. The van der Waals surface area contributed by atoms with Gasteiger partial charge in [-0.2, -0.15) is 10.1 Å². The standard InChI is InChI=1S/C38H41N6O9P/c1-37(2,3)20-50-34(47)29(26-17-9-13-22-11-5-7-15-24(22)26)43-54(49,53-27-18-10-14-23-12-6-8-16-25(23)27)51-19-28-31(45)38(4,48)35(52-28)44-21-40-30-32(44)41-36(39)42-33(30)46/h5-18,21,28-29,31,35,45,48H,19-20H2,1-4H3,(H,43,49)(H3,39,41,42,46)/t28-,29?,31-,35-,38-,54?/m1/s1. The number of ether oxygens (including phenoxy) is 2. The van der Waals surface area contributed by atoms with Crippen LogP contribution in [0.2, 0.25) is 0 Å². The van der Waals surface area contributed by atoms with E-state index in [2.05, 4.69) is 20.0 Å². The first-order chi connectivity index (χ1) is 25.6. The quantitative estimate of drug-likeness (QED) is 0.0857. The van der Waals surface area contributed by atoms with Crippen LogP contribution in [-0.4, -0.2) is 66.7 Å². The normalized spacial score (nSPS) is 22.0. The number of hydrogen-bond acceptors (Lipinski definition) is 12. The number of anilines is 1. The lowest BCUT2D eigenvalue weighted by Gasteiger charge is -2.28. The van der Waals surface area contributed by atoms with Crippen molar-refractivity contribution in [1.82, 2.24) is 24.6 Å². The summed E-state index contributed by atoms with van der Waals surface area (Å²) in [6.07, 6.45) is -3.02. The Balaban J connectivity index is 1.25. The van der Waals surface area contributed by atoms with Gasteiger partial charge >= 0.3 is 13.7 Å². The topological polar surface area (TPSA) is 213 Å². The van der Waals surface area contributed by atoms with Crippen LogP contribution < -0.4 is 20.9 Å². The number of esters is 1. The summed E-state index contributed by atoms with van der Waals surface area (Å²) in [5, 5.41) is 28.8. The Hall–Kier alpha value is -5.15. The van der Waals surface area contributed by atoms with Crippen LogP contribution in [0.25, 0.3) is 32.7 Å². The van der Waals surface area contributed by atoms with Gasteiger partial charge in [0.1, 0.15) is 29.6 Å². The number of imidazole rings is 1. The van der Waals surface area contributed by atoms with Gasteiger partial charge in [0.2, 0.25) is 5.95 Å². The molecule has 282 valence electrons. The van der Waals surface area contributed by atoms with E-state index >= 15 is 4.57 Å². The Labute approximate surface area is 309 Å². The first kappa shape index (κ1) is 37.2. The third-order valence-electron chi connectivity index (χ3n) is 9.14. The van der Waals surface area contributed by atoms with Crippen molar-refractivity contribution >= 4 is 52.4 Å². The molecule has 1 aliphatic rings. The van der Waals surface area contributed by atoms with E-state index in [1.807, 2.05) is 69.3 Å². The van der Waals surface area contributed by atoms with Gasteiger partial charge in [-0.3, -0.25) is 18.9 Å². The van der Waals surface area contributed by atoms with Gasteiger partial charge in [0.25, 0.3) is 5.56 Å². The van der Waals surface area contributed by atoms with Crippen LogP contribution in [0.15, 0.2) is 96.1 Å². The number of benzene rings is 4. The average Bonchev–Trinajstić information content (AvgIpc) is 3.65. The van der Waals surface area contributed by atoms with Crippen molar-refractivity contribution < 1.29 is 38.1 Å². The first-order valence-corrected chi connectivity index (χ1v) is 18.8. The summed E-state index contributed by atoms with van der Waals surface area (Å²) in [5.74, 6) is -0.715. The molecule has 2 unspecified atom stereocenters. The van der Waals surface area contributed by atoms with E-state index in [1.54, 1.807) is 36.4 Å². The second-order valence-corrected chi connectivity index (χ2v) is 16.3. The number of rotatable bonds is 11. The number of nitrogens with zero attached hydrogens (tertiary/aromatic N) is 3. The highest BCUT2D eigenvalue weighted by atomic mass is 31.2. The van der Waals surface area contributed by atoms with Crippen LogP contribution in [0.4, 0.5) is 5.95 Å². The van der Waals surface area contributed by atoms with Crippen molar-refractivity contribution in [2.45, 2.75) is 57.8 Å². The number of carbonyl (C=O) groups is 1. The molecule has 54 heavy (non-hydrogen) atoms. The van der Waals surface area contributed by atoms with E-state index in [0.29, 0.717) is 16.3 Å². The molecule has 0 bridgehead atoms. The molecular weight excluding hydrogens is 715 g/mol. The Morgan fingerprint density at radius 1 is 1.06 bits per heavy atom. The summed E-state index contributed by atoms with van der Waals surface area (Å²) in [5.41, 5.74) is 3.22. The Bertz CT molecular complexity index is 2450. The van der Waals surface area contributed by atoms with Crippen molar-refractivity contribution in [2.24, 2.45) is 5.41 Å². The van der Waals surface area contributed by atoms with Crippen LogP contribution >= 0.6 is 7.75 Å². The molecule has 0 aliphatic carbocycles. The number of hydrogen-bond donors (Lipinski definition) is 5. The minimum atomic E-state index is -4.63. The third-order valence-corrected chi connectivity index (χ3v) is 10.6. The zero-order valence-electron chi connectivity index (χ0n) is 30.0. The monoisotopic (exact) mass is 756 g/mol. The summed E-state index contributed by atoms with van der Waals surface area (Å²) in [6, 6.07) is 24.0. The van der Waals surface area contributed by atoms with Gasteiger partial charge < -0.3 is 29.9 Å². The highest BCUT2D eigenvalue weighted by molar-refractivity contribution is 7.52. The predicted molar refractivity (Wildman–Crippen MR) is 201 cm³/mol. The van der Waals surface area contributed by atoms with Crippen molar-refractivity contribution in [1.29, 1.82) is 0 Å². The molecule has 4 aromatic carbocycles. The number of aromatic amines is 1. The number of carbonyl (C=O) groups excluding carboxylic acids is 1. The molecule has 7 rings (SSSR count). The van der Waals surface area contributed by atoms with E-state index in [0.717, 1.165) is 10.8 Å². The summed E-state index contributed by atoms with van der Waals surface area (Å²) >= 11 is 0. The van der Waals surface area contributed by atoms with Gasteiger partial charge in [-0.05, 0) is 40.1 Å². The van der Waals surface area contributed by atoms with Crippen molar-refractivity contribution in [3.8, 4) is 5.75 Å². The van der Waals surface area contributed by atoms with Gasteiger partial charge in [0.05, 0.1) is 19.5 Å². The number of H-pyrrole nitrogens is 1. The Kier molecular flexibility index (Phi) is 9.81. The number of aromatic nitrogens is 4. The van der Waals surface area contributed by atoms with Crippen molar-refractivity contribution in [2.75, 3.05) is 18.9 Å². The van der Waals surface area contributed by atoms with Crippen LogP contribution in [-0.2, 0) is 23.4 Å². The van der Waals surface area contributed by atoms with Crippen LogP contribution in [0, 0.1) is 5.41 Å². The van der Waals surface area contributed by atoms with Crippen molar-refractivity contribution in [3.05, 3.63) is 107 Å². The molecule has 6 N–H and O–H groups in total. The second-order valence-electron chi connectivity index (χ2n) is 14.6. The Morgan fingerprint density at radius 3 is 2.43 bits per heavy atom. The third kappa shape index (κ3) is 7.34. The SMILES string of the molecule is CC(C)(C)COC(=O)C(NP(=O)(OC[C@H]1O[C@@H](n2cnc3c(=O)[nH]c(N)nc32)[C@](C)(O)[C@@H]1O)Oc1cccc2ccccc12)c1cccc2ccccc12. The van der Waals surface area contributed by atoms with Gasteiger partial charge in [-0.15, -0.1) is 0 Å². The first-order valence-electron chi connectivity index (χ1n) is 17.3. The van der Waals surface area contributed by atoms with Crippen LogP contribution in [0.1, 0.15) is 45.5 Å². The van der Waals surface area contributed by atoms with Crippen LogP contribution in [0.5, 0.6) is 5.75 Å². The van der Waals surface area contributed by atoms with Crippen molar-refractivity contribution in [3.63, 3.8) is 0 Å². The van der Waals surface area contributed by atoms with E-state index in [-0.39, 0.29) is 34.9 Å². The molecule has 0 spiro atoms. The molecule has 6 atom stereocenters. The maximum Gasteiger partial charge on any atom is 0.459 e. The fourth-order valence-electron chi connectivity index (χ4n) is 6.44. The summed E-state index contributed by atoms with van der Waals surface area (Å²) in [6.45, 7) is 6.56. The molecule has 1 saturated heterocycles. The summed E-state index contributed by atoms with van der Waals surface area (Å²) in [4.78, 5) is 37.1. The lowest BCUT2D eigenvalue weighted by atomic mass is 9.96. The number of nitrogens with two attached hydrogens (primary N) is 1. The van der Waals surface area contributed by atoms with Crippen LogP contribution in [0.3, 0.4) is 0 Å². The maximum absolute atomic E-state index is 15.2. The summed E-state index contributed by atoms with van der Waals surface area (Å²) in [7, 11) is -4.63. The lowest BCUT2D eigenvalue weighted by molar-refractivity contribution is -0.148. The highest BCUT2D eigenvalue weighted by Crippen LogP contribution is 2.50. The Morgan fingerprint density at radius 2 is 1.70 bits per heavy atom. The van der Waals surface area contributed by atoms with Gasteiger partial charge in [0.15, 0.2) is 17.4 Å². The molecule has 6 aromatic rings. The molecule has 0 saturated carbocycles. The molecule has 0 radical (unpaired) electrons. The minimum absolute atomic E-state index is 0.00798. The second kappa shape index (κ2) is 14.3. The molecule has 3 heterocycles. The molecular formula is C38H41N6O9P. The molecule has 1 fully saturated rings. The predicted octanol–water partition coefficient (Wildman–Crippen LogP) is 5.14. The summed E-state index contributed by atoms with van der Waals surface area (Å²) < 4.78 is 40.7. The molecule has 16 heteroatoms. The average molecular weight is 757 g/mol. The number of nitrogen functional groups attached to an aromatic ring is 1. The molecule has 2 aromatic heterocycles. The molecule has 15 nitrogen and oxygen atoms in total. The fourth-order valence-corrected chi connectivity index (χ4v) is 7.94. The highest BCUT2D eigenvalue weighted by Gasteiger charge is 2.54. The van der Waals surface area contributed by atoms with Gasteiger partial charge in [-0.1, -0.05) is 99.6 Å². The fraction of sp³-hybridized carbons (Fsp3) is 0.316. The number of nitrogens with one attached hydrogen (secondary N) is 2. The molecule has 1 aliphatic heterocycles. The van der Waals surface area contributed by atoms with E-state index < -0.39 is 56.0 Å². The number of aliphatic hydroxyl groups is 2. The van der Waals surface area contributed by atoms with Gasteiger partial charge in [-0.25, -0.2) is 14.3 Å². The number of aliphatic hydroxyl groups excluding tert-OH is 1. The largest absolute Gasteiger partial charge is 0.464 e. The number of fused-ring (bicyclic) bond motifs is 3. The zero-order chi connectivity index (χ0) is 38.4.